The van der Waals surface area contributed by atoms with E-state index in [1.54, 1.807) is 11.3 Å². The maximum atomic E-state index is 6.33. The molecule has 0 amide bonds. The molecule has 19 heavy (non-hydrogen) atoms. The van der Waals surface area contributed by atoms with Crippen molar-refractivity contribution >= 4 is 38.9 Å². The SMILES string of the molecule is CCn1nc(C)c(Cl)c1CC(NN)c1ccc(Br)s1. The van der Waals surface area contributed by atoms with Crippen molar-refractivity contribution in [2.75, 3.05) is 0 Å². The minimum atomic E-state index is 0.0372. The number of thiophene rings is 1. The molecule has 1 atom stereocenters. The zero-order valence-electron chi connectivity index (χ0n) is 10.8. The molecule has 0 bridgehead atoms. The predicted molar refractivity (Wildman–Crippen MR) is 83.4 cm³/mol. The van der Waals surface area contributed by atoms with Crippen LogP contribution in [0.1, 0.15) is 29.2 Å². The van der Waals surface area contributed by atoms with E-state index in [2.05, 4.69) is 39.4 Å². The van der Waals surface area contributed by atoms with Gasteiger partial charge in [-0.15, -0.1) is 11.3 Å². The summed E-state index contributed by atoms with van der Waals surface area (Å²) in [5.41, 5.74) is 4.74. The van der Waals surface area contributed by atoms with Gasteiger partial charge in [0.2, 0.25) is 0 Å². The Morgan fingerprint density at radius 3 is 2.84 bits per heavy atom. The molecule has 0 fully saturated rings. The largest absolute Gasteiger partial charge is 0.271 e. The van der Waals surface area contributed by atoms with Crippen molar-refractivity contribution < 1.29 is 0 Å². The molecule has 104 valence electrons. The molecule has 2 rings (SSSR count). The third kappa shape index (κ3) is 3.20. The molecular formula is C12H16BrClN4S. The zero-order valence-corrected chi connectivity index (χ0v) is 13.9. The van der Waals surface area contributed by atoms with Crippen LogP contribution >= 0.6 is 38.9 Å². The van der Waals surface area contributed by atoms with Crippen LogP contribution < -0.4 is 11.3 Å². The number of nitrogens with zero attached hydrogens (tertiary/aromatic N) is 2. The highest BCUT2D eigenvalue weighted by Gasteiger charge is 2.19. The van der Waals surface area contributed by atoms with E-state index >= 15 is 0 Å². The molecule has 2 aromatic rings. The second-order valence-electron chi connectivity index (χ2n) is 4.23. The van der Waals surface area contributed by atoms with E-state index < -0.39 is 0 Å². The van der Waals surface area contributed by atoms with Gasteiger partial charge in [-0.05, 0) is 41.9 Å². The first kappa shape index (κ1) is 15.0. The first-order valence-corrected chi connectivity index (χ1v) is 7.98. The van der Waals surface area contributed by atoms with E-state index in [1.807, 2.05) is 17.7 Å². The quantitative estimate of drug-likeness (QED) is 0.632. The van der Waals surface area contributed by atoms with Gasteiger partial charge in [-0.3, -0.25) is 16.0 Å². The van der Waals surface area contributed by atoms with E-state index in [9.17, 15) is 0 Å². The summed E-state index contributed by atoms with van der Waals surface area (Å²) in [7, 11) is 0. The molecule has 0 saturated heterocycles. The zero-order chi connectivity index (χ0) is 14.0. The van der Waals surface area contributed by atoms with Crippen LogP contribution in [0.5, 0.6) is 0 Å². The maximum Gasteiger partial charge on any atom is 0.0847 e. The molecule has 0 aromatic carbocycles. The van der Waals surface area contributed by atoms with Crippen molar-refractivity contribution in [3.05, 3.63) is 37.2 Å². The molecular weight excluding hydrogens is 348 g/mol. The lowest BCUT2D eigenvalue weighted by atomic mass is 10.1. The van der Waals surface area contributed by atoms with Gasteiger partial charge in [0.05, 0.1) is 26.2 Å². The van der Waals surface area contributed by atoms with Gasteiger partial charge in [-0.25, -0.2) is 0 Å². The summed E-state index contributed by atoms with van der Waals surface area (Å²) >= 11 is 11.5. The lowest BCUT2D eigenvalue weighted by Gasteiger charge is -2.15. The lowest BCUT2D eigenvalue weighted by molar-refractivity contribution is 0.523. The average molecular weight is 364 g/mol. The smallest absolute Gasteiger partial charge is 0.0847 e. The van der Waals surface area contributed by atoms with Gasteiger partial charge in [0.1, 0.15) is 0 Å². The normalized spacial score (nSPS) is 12.9. The molecule has 0 radical (unpaired) electrons. The monoisotopic (exact) mass is 362 g/mol. The maximum absolute atomic E-state index is 6.33. The molecule has 3 N–H and O–H groups in total. The Labute approximate surface area is 130 Å². The number of hydrogen-bond acceptors (Lipinski definition) is 4. The minimum absolute atomic E-state index is 0.0372. The Bertz CT molecular complexity index is 566. The number of aromatic nitrogens is 2. The van der Waals surface area contributed by atoms with E-state index in [0.29, 0.717) is 0 Å². The lowest BCUT2D eigenvalue weighted by Crippen LogP contribution is -2.29. The van der Waals surface area contributed by atoms with E-state index in [-0.39, 0.29) is 6.04 Å². The molecule has 4 nitrogen and oxygen atoms in total. The number of nitrogens with one attached hydrogen (secondary N) is 1. The van der Waals surface area contributed by atoms with E-state index in [0.717, 1.165) is 33.2 Å². The van der Waals surface area contributed by atoms with Crippen LogP contribution in [0, 0.1) is 6.92 Å². The van der Waals surface area contributed by atoms with Crippen LogP contribution in [0.3, 0.4) is 0 Å². The molecule has 2 aromatic heterocycles. The van der Waals surface area contributed by atoms with E-state index in [4.69, 9.17) is 17.4 Å². The summed E-state index contributed by atoms with van der Waals surface area (Å²) in [6.07, 6.45) is 0.719. The van der Waals surface area contributed by atoms with Crippen molar-refractivity contribution in [2.45, 2.75) is 32.9 Å². The molecule has 0 aliphatic carbocycles. The Morgan fingerprint density at radius 1 is 1.58 bits per heavy atom. The van der Waals surface area contributed by atoms with Crippen molar-refractivity contribution in [2.24, 2.45) is 5.84 Å². The summed E-state index contributed by atoms with van der Waals surface area (Å²) < 4.78 is 3.03. The predicted octanol–water partition coefficient (Wildman–Crippen LogP) is 3.44. The first-order chi connectivity index (χ1) is 9.06. The molecule has 0 saturated carbocycles. The molecule has 1 unspecified atom stereocenters. The van der Waals surface area contributed by atoms with Crippen LogP contribution in [-0.2, 0) is 13.0 Å². The Balaban J connectivity index is 2.28. The summed E-state index contributed by atoms with van der Waals surface area (Å²) in [5.74, 6) is 5.68. The van der Waals surface area contributed by atoms with Crippen LogP contribution in [0.4, 0.5) is 0 Å². The summed E-state index contributed by atoms with van der Waals surface area (Å²) in [4.78, 5) is 1.17. The molecule has 7 heteroatoms. The second kappa shape index (κ2) is 6.37. The number of hydrogen-bond donors (Lipinski definition) is 2. The average Bonchev–Trinajstić information content (AvgIpc) is 2.93. The van der Waals surface area contributed by atoms with Crippen molar-refractivity contribution in [3.63, 3.8) is 0 Å². The van der Waals surface area contributed by atoms with Crippen LogP contribution in [0.15, 0.2) is 15.9 Å². The highest BCUT2D eigenvalue weighted by Crippen LogP contribution is 2.31. The number of halogens is 2. The topological polar surface area (TPSA) is 55.9 Å². The van der Waals surface area contributed by atoms with Gasteiger partial charge < -0.3 is 0 Å². The number of rotatable bonds is 5. The molecule has 0 aliphatic heterocycles. The second-order valence-corrected chi connectivity index (χ2v) is 7.10. The summed E-state index contributed by atoms with van der Waals surface area (Å²) in [6, 6.07) is 4.12. The van der Waals surface area contributed by atoms with Crippen molar-refractivity contribution in [1.82, 2.24) is 15.2 Å². The fourth-order valence-electron chi connectivity index (χ4n) is 2.01. The first-order valence-electron chi connectivity index (χ1n) is 6.00. The third-order valence-corrected chi connectivity index (χ3v) is 5.22. The van der Waals surface area contributed by atoms with Gasteiger partial charge in [-0.2, -0.15) is 5.10 Å². The number of aryl methyl sites for hydroxylation is 2. The number of nitrogens with two attached hydrogens (primary N) is 1. The third-order valence-electron chi connectivity index (χ3n) is 2.99. The minimum Gasteiger partial charge on any atom is -0.271 e. The van der Waals surface area contributed by atoms with Crippen molar-refractivity contribution in [1.29, 1.82) is 0 Å². The fourth-order valence-corrected chi connectivity index (χ4v) is 3.71. The Hall–Kier alpha value is -0.400. The Morgan fingerprint density at radius 2 is 2.32 bits per heavy atom. The van der Waals surface area contributed by atoms with Gasteiger partial charge in [0.25, 0.3) is 0 Å². The van der Waals surface area contributed by atoms with Gasteiger partial charge in [0.15, 0.2) is 0 Å². The van der Waals surface area contributed by atoms with Crippen LogP contribution in [0.2, 0.25) is 5.02 Å². The number of hydrazine groups is 1. The Kier molecular flexibility index (Phi) is 5.03. The van der Waals surface area contributed by atoms with Gasteiger partial charge >= 0.3 is 0 Å². The van der Waals surface area contributed by atoms with Gasteiger partial charge in [-0.1, -0.05) is 11.6 Å². The summed E-state index contributed by atoms with van der Waals surface area (Å²) in [5, 5.41) is 5.16. The standard InChI is InChI=1S/C12H16BrClN4S/c1-3-18-9(12(14)7(2)17-18)6-8(16-15)10-4-5-11(13)19-10/h4-5,8,16H,3,6,15H2,1-2H3. The summed E-state index contributed by atoms with van der Waals surface area (Å²) in [6.45, 7) is 4.78. The molecule has 0 spiro atoms. The fraction of sp³-hybridized carbons (Fsp3) is 0.417. The van der Waals surface area contributed by atoms with Crippen LogP contribution in [-0.4, -0.2) is 9.78 Å². The van der Waals surface area contributed by atoms with Crippen LogP contribution in [0.25, 0.3) is 0 Å². The highest BCUT2D eigenvalue weighted by molar-refractivity contribution is 9.11. The molecule has 0 aliphatic rings. The highest BCUT2D eigenvalue weighted by atomic mass is 79.9. The van der Waals surface area contributed by atoms with Crippen molar-refractivity contribution in [3.8, 4) is 0 Å². The molecule has 2 heterocycles. The van der Waals surface area contributed by atoms with E-state index in [1.165, 1.54) is 4.88 Å². The van der Waals surface area contributed by atoms with Gasteiger partial charge in [0, 0.05) is 17.8 Å².